The molecule has 1 aromatic heterocycles. The number of nitrogens with zero attached hydrogens (tertiary/aromatic N) is 1. The molecule has 0 aliphatic heterocycles. The van der Waals surface area contributed by atoms with Crippen LogP contribution in [-0.4, -0.2) is 34.2 Å². The Balaban J connectivity index is 0.00000280. The van der Waals surface area contributed by atoms with Crippen molar-refractivity contribution in [3.8, 4) is 23.0 Å². The summed E-state index contributed by atoms with van der Waals surface area (Å²) in [5.74, 6) is 2.10. The van der Waals surface area contributed by atoms with E-state index in [0.717, 1.165) is 10.8 Å². The van der Waals surface area contributed by atoms with E-state index in [4.69, 9.17) is 18.9 Å². The van der Waals surface area contributed by atoms with E-state index in [1.807, 2.05) is 19.3 Å². The predicted octanol–water partition coefficient (Wildman–Crippen LogP) is -0.0663. The second kappa shape index (κ2) is 9.09. The van der Waals surface area contributed by atoms with E-state index in [1.165, 1.54) is 0 Å². The first-order chi connectivity index (χ1) is 13.0. The molecule has 0 saturated carbocycles. The molecule has 0 unspecified atom stereocenters. The first-order valence-electron chi connectivity index (χ1n) is 8.35. The predicted molar refractivity (Wildman–Crippen MR) is 101 cm³/mol. The molecule has 3 rings (SSSR count). The molecule has 6 nitrogen and oxygen atoms in total. The highest BCUT2D eigenvalue weighted by molar-refractivity contribution is 6.15. The lowest BCUT2D eigenvalue weighted by Gasteiger charge is -2.15. The first kappa shape index (κ1) is 21.7. The smallest absolute Gasteiger partial charge is 0.261 e. The summed E-state index contributed by atoms with van der Waals surface area (Å²) < 4.78 is 23.4. The van der Waals surface area contributed by atoms with Crippen LogP contribution < -0.4 is 47.5 Å². The summed E-state index contributed by atoms with van der Waals surface area (Å²) in [6, 6.07) is 10.7. The second-order valence-electron chi connectivity index (χ2n) is 5.94. The van der Waals surface area contributed by atoms with E-state index < -0.39 is 0 Å². The Bertz CT molecular complexity index is 1000. The van der Waals surface area contributed by atoms with Crippen LogP contribution in [0.5, 0.6) is 23.0 Å². The number of fused-ring (bicyclic) bond motifs is 1. The number of carbonyl (C=O) groups excluding carboxylic acids is 1. The third-order valence-corrected chi connectivity index (χ3v) is 4.51. The van der Waals surface area contributed by atoms with Crippen LogP contribution in [0.4, 0.5) is 0 Å². The normalized spacial score (nSPS) is 10.2. The molecule has 2 aromatic carbocycles. The standard InChI is InChI=1S/C21H22NO5.HI/c1-22-11-10-15-16(12-17(25-3)21(27-5)20(15)26-4)18(22)19(23)13-6-8-14(24-2)9-7-13;/h6-12H,1-5H3;1H/q+1;/p-1. The summed E-state index contributed by atoms with van der Waals surface area (Å²) in [5.41, 5.74) is 1.09. The summed E-state index contributed by atoms with van der Waals surface area (Å²) in [7, 11) is 8.09. The molecular formula is C21H22INO5. The fourth-order valence-electron chi connectivity index (χ4n) is 3.15. The number of hydrogen-bond acceptors (Lipinski definition) is 5. The van der Waals surface area contributed by atoms with Gasteiger partial charge in [0.15, 0.2) is 17.7 Å². The number of aryl methyl sites for hydroxylation is 1. The van der Waals surface area contributed by atoms with Crippen molar-refractivity contribution in [3.63, 3.8) is 0 Å². The fraction of sp³-hybridized carbons (Fsp3) is 0.238. The molecule has 0 spiro atoms. The molecule has 28 heavy (non-hydrogen) atoms. The molecule has 0 aliphatic carbocycles. The van der Waals surface area contributed by atoms with Gasteiger partial charge in [0, 0.05) is 17.0 Å². The van der Waals surface area contributed by atoms with Gasteiger partial charge in [-0.1, -0.05) is 0 Å². The molecule has 0 bridgehead atoms. The quantitative estimate of drug-likeness (QED) is 0.273. The summed E-state index contributed by atoms with van der Waals surface area (Å²) in [6.45, 7) is 0. The van der Waals surface area contributed by atoms with Crippen LogP contribution in [0.2, 0.25) is 0 Å². The minimum absolute atomic E-state index is 0. The molecule has 7 heteroatoms. The van der Waals surface area contributed by atoms with E-state index in [2.05, 4.69) is 0 Å². The van der Waals surface area contributed by atoms with Crippen LogP contribution in [0, 0.1) is 0 Å². The lowest BCUT2D eigenvalue weighted by atomic mass is 10.0. The van der Waals surface area contributed by atoms with Gasteiger partial charge in [0.05, 0.1) is 33.8 Å². The van der Waals surface area contributed by atoms with Crippen molar-refractivity contribution in [1.82, 2.24) is 0 Å². The lowest BCUT2D eigenvalue weighted by Crippen LogP contribution is -3.00. The molecule has 0 radical (unpaired) electrons. The van der Waals surface area contributed by atoms with Crippen LogP contribution in [0.25, 0.3) is 10.8 Å². The van der Waals surface area contributed by atoms with E-state index in [-0.39, 0.29) is 29.8 Å². The number of pyridine rings is 1. The fourth-order valence-corrected chi connectivity index (χ4v) is 3.15. The largest absolute Gasteiger partial charge is 1.00 e. The molecule has 1 heterocycles. The lowest BCUT2D eigenvalue weighted by molar-refractivity contribution is -0.671. The summed E-state index contributed by atoms with van der Waals surface area (Å²) in [5, 5.41) is 1.49. The number of methoxy groups -OCH3 is 4. The molecule has 0 N–H and O–H groups in total. The van der Waals surface area contributed by atoms with Crippen molar-refractivity contribution in [3.05, 3.63) is 53.9 Å². The molecule has 0 atom stereocenters. The minimum atomic E-state index is -0.111. The summed E-state index contributed by atoms with van der Waals surface area (Å²) in [4.78, 5) is 13.3. The minimum Gasteiger partial charge on any atom is -1.00 e. The first-order valence-corrected chi connectivity index (χ1v) is 8.35. The average molecular weight is 495 g/mol. The maximum Gasteiger partial charge on any atom is 0.261 e. The molecule has 148 valence electrons. The Kier molecular flexibility index (Phi) is 7.06. The Morgan fingerprint density at radius 2 is 1.46 bits per heavy atom. The second-order valence-corrected chi connectivity index (χ2v) is 5.94. The maximum absolute atomic E-state index is 13.3. The zero-order valence-corrected chi connectivity index (χ0v) is 18.6. The monoisotopic (exact) mass is 495 g/mol. The zero-order chi connectivity index (χ0) is 19.6. The molecule has 0 saturated heterocycles. The third kappa shape index (κ3) is 3.71. The van der Waals surface area contributed by atoms with Gasteiger partial charge >= 0.3 is 0 Å². The number of aromatic nitrogens is 1. The Morgan fingerprint density at radius 3 is 2.00 bits per heavy atom. The highest BCUT2D eigenvalue weighted by Crippen LogP contribution is 2.43. The Hall–Kier alpha value is -2.55. The van der Waals surface area contributed by atoms with Gasteiger partial charge in [-0.05, 0) is 30.3 Å². The van der Waals surface area contributed by atoms with E-state index in [0.29, 0.717) is 34.3 Å². The summed E-state index contributed by atoms with van der Waals surface area (Å²) in [6.07, 6.45) is 1.83. The highest BCUT2D eigenvalue weighted by Gasteiger charge is 2.27. The zero-order valence-electron chi connectivity index (χ0n) is 16.4. The van der Waals surface area contributed by atoms with Crippen molar-refractivity contribution in [2.45, 2.75) is 0 Å². The van der Waals surface area contributed by atoms with Crippen molar-refractivity contribution >= 4 is 16.6 Å². The van der Waals surface area contributed by atoms with Crippen molar-refractivity contribution in [1.29, 1.82) is 0 Å². The van der Waals surface area contributed by atoms with Crippen LogP contribution >= 0.6 is 0 Å². The van der Waals surface area contributed by atoms with Crippen LogP contribution in [-0.2, 0) is 7.05 Å². The van der Waals surface area contributed by atoms with Gasteiger partial charge < -0.3 is 42.9 Å². The number of hydrogen-bond donors (Lipinski definition) is 0. The molecular weight excluding hydrogens is 473 g/mol. The number of ether oxygens (including phenoxy) is 4. The Labute approximate surface area is 181 Å². The van der Waals surface area contributed by atoms with Crippen molar-refractivity contribution in [2.24, 2.45) is 7.05 Å². The number of carbonyl (C=O) groups is 1. The van der Waals surface area contributed by atoms with Crippen LogP contribution in [0.15, 0.2) is 42.6 Å². The summed E-state index contributed by atoms with van der Waals surface area (Å²) >= 11 is 0. The van der Waals surface area contributed by atoms with Crippen LogP contribution in [0.1, 0.15) is 16.1 Å². The SMILES string of the molecule is COc1ccc(C(=O)c2c3cc(OC)c(OC)c(OC)c3cc[n+]2C)cc1.[I-]. The number of ketones is 1. The number of benzene rings is 2. The Morgan fingerprint density at radius 1 is 0.821 bits per heavy atom. The van der Waals surface area contributed by atoms with E-state index >= 15 is 0 Å². The van der Waals surface area contributed by atoms with Gasteiger partial charge in [-0.3, -0.25) is 4.79 Å². The van der Waals surface area contributed by atoms with Crippen molar-refractivity contribution < 1.29 is 52.3 Å². The van der Waals surface area contributed by atoms with E-state index in [1.54, 1.807) is 63.3 Å². The van der Waals surface area contributed by atoms with Gasteiger partial charge in [-0.2, -0.15) is 4.57 Å². The van der Waals surface area contributed by atoms with Gasteiger partial charge in [0.1, 0.15) is 12.8 Å². The molecule has 3 aromatic rings. The van der Waals surface area contributed by atoms with E-state index in [9.17, 15) is 4.79 Å². The topological polar surface area (TPSA) is 57.9 Å². The van der Waals surface area contributed by atoms with Crippen LogP contribution in [0.3, 0.4) is 0 Å². The van der Waals surface area contributed by atoms with Gasteiger partial charge in [-0.15, -0.1) is 0 Å². The highest BCUT2D eigenvalue weighted by atomic mass is 127. The van der Waals surface area contributed by atoms with Gasteiger partial charge in [0.25, 0.3) is 11.5 Å². The van der Waals surface area contributed by atoms with Gasteiger partial charge in [-0.25, -0.2) is 0 Å². The maximum atomic E-state index is 13.3. The van der Waals surface area contributed by atoms with Gasteiger partial charge in [0.2, 0.25) is 5.75 Å². The molecule has 0 amide bonds. The number of halogens is 1. The average Bonchev–Trinajstić information content (AvgIpc) is 2.71. The van der Waals surface area contributed by atoms with Crippen molar-refractivity contribution in [2.75, 3.05) is 28.4 Å². The molecule has 0 aliphatic rings. The molecule has 0 fully saturated rings. The number of rotatable bonds is 6. The third-order valence-electron chi connectivity index (χ3n) is 4.51.